The maximum Gasteiger partial charge on any atom is 0.241 e. The number of likely N-dealkylation sites (tertiary alicyclic amines) is 1. The largest absolute Gasteiger partial charge is 0.393 e. The predicted molar refractivity (Wildman–Crippen MR) is 71.3 cm³/mol. The lowest BCUT2D eigenvalue weighted by atomic mass is 10.1. The first-order valence-electron chi connectivity index (χ1n) is 6.55. The molecule has 5 heteroatoms. The Labute approximate surface area is 112 Å². The summed E-state index contributed by atoms with van der Waals surface area (Å²) >= 11 is 0. The van der Waals surface area contributed by atoms with Gasteiger partial charge in [-0.25, -0.2) is 4.39 Å². The fraction of sp³-hybridized carbons (Fsp3) is 0.500. The lowest BCUT2D eigenvalue weighted by molar-refractivity contribution is -0.121. The number of carbonyl (C=O) groups excluding carboxylic acids is 1. The molecule has 1 heterocycles. The van der Waals surface area contributed by atoms with E-state index < -0.39 is 0 Å². The molecule has 0 spiro atoms. The number of halogens is 1. The average molecular weight is 266 g/mol. The molecule has 1 aromatic rings. The van der Waals surface area contributed by atoms with Gasteiger partial charge in [0.1, 0.15) is 5.82 Å². The number of nitrogens with one attached hydrogen (secondary N) is 1. The highest BCUT2D eigenvalue weighted by Gasteiger charge is 2.25. The van der Waals surface area contributed by atoms with Crippen LogP contribution in [0.5, 0.6) is 0 Å². The predicted octanol–water partition coefficient (Wildman–Crippen LogP) is 1.61. The number of hydrogen-bond acceptors (Lipinski definition) is 3. The highest BCUT2D eigenvalue weighted by molar-refractivity contribution is 5.94. The highest BCUT2D eigenvalue weighted by atomic mass is 19.1. The van der Waals surface area contributed by atoms with Gasteiger partial charge in [0.25, 0.3) is 0 Å². The van der Waals surface area contributed by atoms with Crippen LogP contribution in [-0.2, 0) is 4.79 Å². The summed E-state index contributed by atoms with van der Waals surface area (Å²) in [5.74, 6) is -0.431. The maximum atomic E-state index is 12.8. The molecule has 2 rings (SSSR count). The van der Waals surface area contributed by atoms with Crippen molar-refractivity contribution in [2.24, 2.45) is 0 Å². The van der Waals surface area contributed by atoms with E-state index in [9.17, 15) is 14.3 Å². The number of piperidine rings is 1. The van der Waals surface area contributed by atoms with Gasteiger partial charge in [-0.1, -0.05) is 0 Å². The van der Waals surface area contributed by atoms with Crippen molar-refractivity contribution < 1.29 is 14.3 Å². The summed E-state index contributed by atoms with van der Waals surface area (Å²) in [6.07, 6.45) is 1.16. The van der Waals surface area contributed by atoms with Crippen LogP contribution >= 0.6 is 0 Å². The van der Waals surface area contributed by atoms with E-state index >= 15 is 0 Å². The standard InChI is InChI=1S/C14H19FN2O2/c1-10(17-8-6-13(18)7-9-17)14(19)16-12-4-2-11(15)3-5-12/h2-5,10,13,18H,6-9H2,1H3,(H,16,19)/t10-/m0/s1. The summed E-state index contributed by atoms with van der Waals surface area (Å²) < 4.78 is 12.8. The van der Waals surface area contributed by atoms with Gasteiger partial charge >= 0.3 is 0 Å². The molecule has 1 fully saturated rings. The summed E-state index contributed by atoms with van der Waals surface area (Å²) in [6.45, 7) is 3.29. The Kier molecular flexibility index (Phi) is 4.50. The third-order valence-electron chi connectivity index (χ3n) is 3.54. The van der Waals surface area contributed by atoms with E-state index in [1.165, 1.54) is 12.1 Å². The second-order valence-electron chi connectivity index (χ2n) is 4.94. The van der Waals surface area contributed by atoms with Crippen LogP contribution in [0, 0.1) is 5.82 Å². The van der Waals surface area contributed by atoms with Gasteiger partial charge in [0.2, 0.25) is 5.91 Å². The number of aliphatic hydroxyl groups is 1. The zero-order valence-corrected chi connectivity index (χ0v) is 11.0. The van der Waals surface area contributed by atoms with E-state index in [2.05, 4.69) is 5.32 Å². The van der Waals surface area contributed by atoms with Crippen molar-refractivity contribution >= 4 is 11.6 Å². The molecule has 1 aliphatic heterocycles. The first-order chi connectivity index (χ1) is 9.06. The second-order valence-corrected chi connectivity index (χ2v) is 4.94. The van der Waals surface area contributed by atoms with Gasteiger partial charge in [-0.2, -0.15) is 0 Å². The Bertz CT molecular complexity index is 428. The molecule has 1 aromatic carbocycles. The van der Waals surface area contributed by atoms with Gasteiger partial charge in [0.05, 0.1) is 12.1 Å². The number of hydrogen-bond donors (Lipinski definition) is 2. The number of aliphatic hydroxyl groups excluding tert-OH is 1. The van der Waals surface area contributed by atoms with E-state index in [4.69, 9.17) is 0 Å². The minimum absolute atomic E-state index is 0.108. The van der Waals surface area contributed by atoms with Crippen molar-refractivity contribution in [1.82, 2.24) is 4.90 Å². The molecule has 1 saturated heterocycles. The van der Waals surface area contributed by atoms with Gasteiger partial charge in [-0.05, 0) is 44.0 Å². The zero-order chi connectivity index (χ0) is 13.8. The number of rotatable bonds is 3. The Hall–Kier alpha value is -1.46. The zero-order valence-electron chi connectivity index (χ0n) is 11.0. The summed E-state index contributed by atoms with van der Waals surface area (Å²) in [5, 5.41) is 12.2. The number of nitrogens with zero attached hydrogens (tertiary/aromatic N) is 1. The van der Waals surface area contributed by atoms with E-state index in [1.807, 2.05) is 11.8 Å². The molecule has 1 atom stereocenters. The fourth-order valence-corrected chi connectivity index (χ4v) is 2.22. The lowest BCUT2D eigenvalue weighted by Gasteiger charge is -2.33. The van der Waals surface area contributed by atoms with E-state index in [0.717, 1.165) is 13.1 Å². The number of anilines is 1. The second kappa shape index (κ2) is 6.12. The summed E-state index contributed by atoms with van der Waals surface area (Å²) in [5.41, 5.74) is 0.593. The van der Waals surface area contributed by atoms with Crippen LogP contribution in [0.1, 0.15) is 19.8 Å². The van der Waals surface area contributed by atoms with E-state index in [0.29, 0.717) is 18.5 Å². The minimum Gasteiger partial charge on any atom is -0.393 e. The normalized spacial score (nSPS) is 19.1. The summed E-state index contributed by atoms with van der Waals surface area (Å²) in [4.78, 5) is 14.1. The molecular weight excluding hydrogens is 247 g/mol. The van der Waals surface area contributed by atoms with Crippen molar-refractivity contribution in [2.45, 2.75) is 31.9 Å². The van der Waals surface area contributed by atoms with Crippen LogP contribution in [-0.4, -0.2) is 41.1 Å². The molecule has 4 nitrogen and oxygen atoms in total. The van der Waals surface area contributed by atoms with Crippen molar-refractivity contribution in [3.63, 3.8) is 0 Å². The van der Waals surface area contributed by atoms with Gasteiger partial charge in [-0.3, -0.25) is 9.69 Å². The quantitative estimate of drug-likeness (QED) is 0.874. The molecule has 0 aromatic heterocycles. The van der Waals surface area contributed by atoms with Crippen molar-refractivity contribution in [2.75, 3.05) is 18.4 Å². The van der Waals surface area contributed by atoms with Crippen LogP contribution in [0.15, 0.2) is 24.3 Å². The van der Waals surface area contributed by atoms with Crippen LogP contribution in [0.25, 0.3) is 0 Å². The van der Waals surface area contributed by atoms with Crippen LogP contribution in [0.3, 0.4) is 0 Å². The molecule has 104 valence electrons. The first-order valence-corrected chi connectivity index (χ1v) is 6.55. The van der Waals surface area contributed by atoms with E-state index in [1.54, 1.807) is 12.1 Å². The van der Waals surface area contributed by atoms with Crippen LogP contribution < -0.4 is 5.32 Å². The average Bonchev–Trinajstić information content (AvgIpc) is 2.41. The molecule has 0 radical (unpaired) electrons. The van der Waals surface area contributed by atoms with E-state index in [-0.39, 0.29) is 23.9 Å². The first kappa shape index (κ1) is 14.0. The third kappa shape index (κ3) is 3.75. The molecular formula is C14H19FN2O2. The van der Waals surface area contributed by atoms with Crippen LogP contribution in [0.2, 0.25) is 0 Å². The molecule has 1 amide bonds. The SMILES string of the molecule is C[C@@H](C(=O)Nc1ccc(F)cc1)N1CCC(O)CC1. The number of benzene rings is 1. The van der Waals surface area contributed by atoms with Crippen molar-refractivity contribution in [1.29, 1.82) is 0 Å². The lowest BCUT2D eigenvalue weighted by Crippen LogP contribution is -2.47. The van der Waals surface area contributed by atoms with Crippen LogP contribution in [0.4, 0.5) is 10.1 Å². The third-order valence-corrected chi connectivity index (χ3v) is 3.54. The summed E-state index contributed by atoms with van der Waals surface area (Å²) in [7, 11) is 0. The van der Waals surface area contributed by atoms with Gasteiger partial charge in [0.15, 0.2) is 0 Å². The van der Waals surface area contributed by atoms with Crippen molar-refractivity contribution in [3.8, 4) is 0 Å². The molecule has 2 N–H and O–H groups in total. The smallest absolute Gasteiger partial charge is 0.241 e. The molecule has 0 aliphatic carbocycles. The Morgan fingerprint density at radius 3 is 2.53 bits per heavy atom. The topological polar surface area (TPSA) is 52.6 Å². The fourth-order valence-electron chi connectivity index (χ4n) is 2.22. The molecule has 0 bridgehead atoms. The molecule has 1 aliphatic rings. The Morgan fingerprint density at radius 1 is 1.37 bits per heavy atom. The molecule has 19 heavy (non-hydrogen) atoms. The number of amides is 1. The minimum atomic E-state index is -0.323. The molecule has 0 unspecified atom stereocenters. The highest BCUT2D eigenvalue weighted by Crippen LogP contribution is 2.15. The Balaban J connectivity index is 1.90. The maximum absolute atomic E-state index is 12.8. The van der Waals surface area contributed by atoms with Crippen molar-refractivity contribution in [3.05, 3.63) is 30.1 Å². The number of carbonyl (C=O) groups is 1. The monoisotopic (exact) mass is 266 g/mol. The van der Waals surface area contributed by atoms with Gasteiger partial charge < -0.3 is 10.4 Å². The van der Waals surface area contributed by atoms with Gasteiger partial charge in [-0.15, -0.1) is 0 Å². The van der Waals surface area contributed by atoms with Gasteiger partial charge in [0, 0.05) is 18.8 Å². The Morgan fingerprint density at radius 2 is 1.95 bits per heavy atom. The molecule has 0 saturated carbocycles. The summed E-state index contributed by atoms with van der Waals surface area (Å²) in [6, 6.07) is 5.46.